The first-order valence-corrected chi connectivity index (χ1v) is 5.88. The Morgan fingerprint density at radius 1 is 1.59 bits per heavy atom. The Balaban J connectivity index is 2.01. The van der Waals surface area contributed by atoms with Crippen molar-refractivity contribution in [3.8, 4) is 5.75 Å². The molecule has 2 rings (SSSR count). The largest absolute Gasteiger partial charge is 0.504 e. The lowest BCUT2D eigenvalue weighted by Crippen LogP contribution is -2.15. The number of hydrogen-bond donors (Lipinski definition) is 2. The van der Waals surface area contributed by atoms with E-state index < -0.39 is 0 Å². The number of hydrogen-bond acceptors (Lipinski definition) is 5. The predicted octanol–water partition coefficient (Wildman–Crippen LogP) is 1.73. The van der Waals surface area contributed by atoms with Crippen LogP contribution >= 0.6 is 11.3 Å². The standard InChI is InChI=1S/C11H11N3O2S/c1-7-13-8(6-17-7)5-10(16)14-11-9(15)3-2-4-12-11/h2-4,6,15H,5H2,1H3,(H,12,14,16). The summed E-state index contributed by atoms with van der Waals surface area (Å²) in [7, 11) is 0. The summed E-state index contributed by atoms with van der Waals surface area (Å²) in [5.74, 6) is -0.121. The highest BCUT2D eigenvalue weighted by molar-refractivity contribution is 7.09. The van der Waals surface area contributed by atoms with Crippen LogP contribution in [0, 0.1) is 6.92 Å². The number of amides is 1. The predicted molar refractivity (Wildman–Crippen MR) is 65.1 cm³/mol. The van der Waals surface area contributed by atoms with Crippen molar-refractivity contribution in [3.63, 3.8) is 0 Å². The minimum atomic E-state index is -0.246. The highest BCUT2D eigenvalue weighted by atomic mass is 32.1. The van der Waals surface area contributed by atoms with Gasteiger partial charge in [-0.1, -0.05) is 0 Å². The number of aromatic hydroxyl groups is 1. The van der Waals surface area contributed by atoms with E-state index in [1.54, 1.807) is 6.07 Å². The average Bonchev–Trinajstić information content (AvgIpc) is 2.67. The molecule has 0 unspecified atom stereocenters. The molecule has 0 aliphatic heterocycles. The van der Waals surface area contributed by atoms with Crippen LogP contribution in [-0.2, 0) is 11.2 Å². The summed E-state index contributed by atoms with van der Waals surface area (Å²) >= 11 is 1.50. The normalized spacial score (nSPS) is 10.2. The fraction of sp³-hybridized carbons (Fsp3) is 0.182. The van der Waals surface area contributed by atoms with Crippen molar-refractivity contribution in [2.45, 2.75) is 13.3 Å². The number of thiazole rings is 1. The zero-order chi connectivity index (χ0) is 12.3. The first-order valence-electron chi connectivity index (χ1n) is 5.00. The number of aromatic nitrogens is 2. The van der Waals surface area contributed by atoms with Crippen molar-refractivity contribution in [1.29, 1.82) is 0 Å². The van der Waals surface area contributed by atoms with Crippen LogP contribution in [0.1, 0.15) is 10.7 Å². The summed E-state index contributed by atoms with van der Waals surface area (Å²) in [5.41, 5.74) is 0.723. The van der Waals surface area contributed by atoms with Crippen LogP contribution in [0.25, 0.3) is 0 Å². The summed E-state index contributed by atoms with van der Waals surface area (Å²) in [6.07, 6.45) is 1.68. The monoisotopic (exact) mass is 249 g/mol. The van der Waals surface area contributed by atoms with E-state index >= 15 is 0 Å². The van der Waals surface area contributed by atoms with Crippen molar-refractivity contribution in [2.75, 3.05) is 5.32 Å². The van der Waals surface area contributed by atoms with Crippen LogP contribution < -0.4 is 5.32 Å². The van der Waals surface area contributed by atoms with Gasteiger partial charge in [-0.2, -0.15) is 0 Å². The summed E-state index contributed by atoms with van der Waals surface area (Å²) in [6.45, 7) is 1.89. The van der Waals surface area contributed by atoms with Gasteiger partial charge in [-0.3, -0.25) is 4.79 Å². The second-order valence-electron chi connectivity index (χ2n) is 3.45. The number of pyridine rings is 1. The third kappa shape index (κ3) is 3.01. The molecule has 0 aromatic carbocycles. The first-order chi connectivity index (χ1) is 8.15. The fourth-order valence-electron chi connectivity index (χ4n) is 1.32. The second kappa shape index (κ2) is 4.92. The van der Waals surface area contributed by atoms with Crippen LogP contribution in [0.4, 0.5) is 5.82 Å². The molecule has 0 radical (unpaired) electrons. The van der Waals surface area contributed by atoms with Gasteiger partial charge in [-0.25, -0.2) is 9.97 Å². The summed E-state index contributed by atoms with van der Waals surface area (Å²) < 4.78 is 0. The van der Waals surface area contributed by atoms with Crippen LogP contribution in [0.2, 0.25) is 0 Å². The maximum atomic E-state index is 11.6. The van der Waals surface area contributed by atoms with Crippen molar-refractivity contribution >= 4 is 23.1 Å². The molecule has 0 atom stereocenters. The summed E-state index contributed by atoms with van der Waals surface area (Å²) in [6, 6.07) is 3.06. The number of carbonyl (C=O) groups excluding carboxylic acids is 1. The second-order valence-corrected chi connectivity index (χ2v) is 4.52. The van der Waals surface area contributed by atoms with E-state index in [0.717, 1.165) is 10.7 Å². The lowest BCUT2D eigenvalue weighted by atomic mass is 10.3. The Morgan fingerprint density at radius 2 is 2.41 bits per heavy atom. The third-order valence-electron chi connectivity index (χ3n) is 2.05. The zero-order valence-electron chi connectivity index (χ0n) is 9.17. The maximum absolute atomic E-state index is 11.6. The molecule has 2 N–H and O–H groups in total. The van der Waals surface area contributed by atoms with Gasteiger partial charge in [-0.15, -0.1) is 11.3 Å². The van der Waals surface area contributed by atoms with E-state index in [0.29, 0.717) is 0 Å². The number of nitrogens with zero attached hydrogens (tertiary/aromatic N) is 2. The van der Waals surface area contributed by atoms with Gasteiger partial charge in [0.1, 0.15) is 0 Å². The molecule has 88 valence electrons. The van der Waals surface area contributed by atoms with Gasteiger partial charge in [0.25, 0.3) is 0 Å². The van der Waals surface area contributed by atoms with Crippen LogP contribution in [0.15, 0.2) is 23.7 Å². The highest BCUT2D eigenvalue weighted by Gasteiger charge is 2.09. The molecule has 5 nitrogen and oxygen atoms in total. The summed E-state index contributed by atoms with van der Waals surface area (Å²) in [4.78, 5) is 19.7. The molecule has 0 saturated carbocycles. The Kier molecular flexibility index (Phi) is 3.34. The molecule has 2 heterocycles. The van der Waals surface area contributed by atoms with Gasteiger partial charge in [0.15, 0.2) is 11.6 Å². The van der Waals surface area contributed by atoms with Gasteiger partial charge in [0.2, 0.25) is 5.91 Å². The van der Waals surface area contributed by atoms with Crippen LogP contribution in [-0.4, -0.2) is 21.0 Å². The third-order valence-corrected chi connectivity index (χ3v) is 2.87. The van der Waals surface area contributed by atoms with Gasteiger partial charge in [-0.05, 0) is 19.1 Å². The molecule has 0 aliphatic carbocycles. The van der Waals surface area contributed by atoms with Crippen LogP contribution in [0.3, 0.4) is 0 Å². The molecule has 0 fully saturated rings. The van der Waals surface area contributed by atoms with E-state index in [1.807, 2.05) is 12.3 Å². The molecule has 2 aromatic heterocycles. The van der Waals surface area contributed by atoms with Gasteiger partial charge in [0.05, 0.1) is 17.1 Å². The number of anilines is 1. The van der Waals surface area contributed by atoms with E-state index in [9.17, 15) is 9.90 Å². The van der Waals surface area contributed by atoms with E-state index in [-0.39, 0.29) is 23.9 Å². The van der Waals surface area contributed by atoms with Crippen molar-refractivity contribution in [1.82, 2.24) is 9.97 Å². The fourth-order valence-corrected chi connectivity index (χ4v) is 1.94. The minimum Gasteiger partial charge on any atom is -0.504 e. The first kappa shape index (κ1) is 11.5. The molecule has 0 saturated heterocycles. The van der Waals surface area contributed by atoms with Crippen molar-refractivity contribution in [2.24, 2.45) is 0 Å². The van der Waals surface area contributed by atoms with Gasteiger partial charge < -0.3 is 10.4 Å². The van der Waals surface area contributed by atoms with Crippen molar-refractivity contribution < 1.29 is 9.90 Å². The molecule has 0 spiro atoms. The molecule has 6 heteroatoms. The molecule has 2 aromatic rings. The smallest absolute Gasteiger partial charge is 0.231 e. The van der Waals surface area contributed by atoms with E-state index in [1.165, 1.54) is 23.6 Å². The number of nitrogens with one attached hydrogen (secondary N) is 1. The number of carbonyl (C=O) groups is 1. The zero-order valence-corrected chi connectivity index (χ0v) is 9.99. The van der Waals surface area contributed by atoms with Crippen LogP contribution in [0.5, 0.6) is 5.75 Å². The lowest BCUT2D eigenvalue weighted by Gasteiger charge is -2.04. The Hall–Kier alpha value is -1.95. The average molecular weight is 249 g/mol. The molecular formula is C11H11N3O2S. The number of aryl methyl sites for hydroxylation is 1. The summed E-state index contributed by atoms with van der Waals surface area (Å²) in [5, 5.41) is 14.7. The quantitative estimate of drug-likeness (QED) is 0.868. The Bertz CT molecular complexity index is 539. The van der Waals surface area contributed by atoms with Gasteiger partial charge >= 0.3 is 0 Å². The SMILES string of the molecule is Cc1nc(CC(=O)Nc2ncccc2O)cs1. The molecule has 17 heavy (non-hydrogen) atoms. The van der Waals surface area contributed by atoms with E-state index in [2.05, 4.69) is 15.3 Å². The highest BCUT2D eigenvalue weighted by Crippen LogP contribution is 2.18. The van der Waals surface area contributed by atoms with E-state index in [4.69, 9.17) is 0 Å². The molecule has 0 bridgehead atoms. The number of rotatable bonds is 3. The topological polar surface area (TPSA) is 75.1 Å². The molecular weight excluding hydrogens is 238 g/mol. The lowest BCUT2D eigenvalue weighted by molar-refractivity contribution is -0.115. The minimum absolute atomic E-state index is 0.0460. The Morgan fingerprint density at radius 3 is 3.06 bits per heavy atom. The maximum Gasteiger partial charge on any atom is 0.231 e. The molecule has 1 amide bonds. The van der Waals surface area contributed by atoms with Gasteiger partial charge in [0, 0.05) is 11.6 Å². The molecule has 0 aliphatic rings. The Labute approximate surface area is 102 Å². The van der Waals surface area contributed by atoms with Crippen molar-refractivity contribution in [3.05, 3.63) is 34.4 Å².